The number of fused-ring (bicyclic) bond motifs is 11. The van der Waals surface area contributed by atoms with E-state index < -0.39 is 0 Å². The van der Waals surface area contributed by atoms with Crippen LogP contribution in [0.1, 0.15) is 5.56 Å². The number of aromatic nitrogens is 3. The maximum Gasteiger partial charge on any atom is 0.0998 e. The molecule has 4 heteroatoms. The summed E-state index contributed by atoms with van der Waals surface area (Å²) in [6, 6.07) is 66.9. The van der Waals surface area contributed by atoms with Gasteiger partial charge in [-0.1, -0.05) is 121 Å². The molecule has 0 bridgehead atoms. The van der Waals surface area contributed by atoms with E-state index in [1.54, 1.807) is 0 Å². The van der Waals surface area contributed by atoms with Crippen LogP contribution in [0.5, 0.6) is 0 Å². The fourth-order valence-corrected chi connectivity index (χ4v) is 8.70. The molecule has 246 valence electrons. The molecule has 0 saturated carbocycles. The fourth-order valence-electron chi connectivity index (χ4n) is 8.70. The van der Waals surface area contributed by atoms with E-state index in [1.165, 1.54) is 54.4 Å². The Hall–Kier alpha value is -7.35. The Morgan fingerprint density at radius 3 is 1.38 bits per heavy atom. The second-order valence-electron chi connectivity index (χ2n) is 13.6. The SMILES string of the molecule is N#Cc1cc(-n2c3ccccc3c3c2ccc2c4ccc5c(c6ccccc6n5-c5ccccc5)c4n(-c4ccccc4)c23)ccc1-c1ccccc1. The summed E-state index contributed by atoms with van der Waals surface area (Å²) in [5, 5.41) is 17.6. The van der Waals surface area contributed by atoms with Crippen LogP contribution in [0.2, 0.25) is 0 Å². The van der Waals surface area contributed by atoms with Gasteiger partial charge in [0.25, 0.3) is 0 Å². The van der Waals surface area contributed by atoms with Crippen molar-refractivity contribution in [3.05, 3.63) is 188 Å². The van der Waals surface area contributed by atoms with Crippen LogP contribution in [0.4, 0.5) is 0 Å². The van der Waals surface area contributed by atoms with Crippen LogP contribution in [0.25, 0.3) is 93.6 Å². The Labute approximate surface area is 305 Å². The third kappa shape index (κ3) is 4.16. The molecule has 0 aliphatic carbocycles. The lowest BCUT2D eigenvalue weighted by Gasteiger charge is -2.12. The molecule has 8 aromatic carbocycles. The summed E-state index contributed by atoms with van der Waals surface area (Å²) in [5.41, 5.74) is 12.7. The molecule has 11 aromatic rings. The van der Waals surface area contributed by atoms with E-state index in [-0.39, 0.29) is 0 Å². The van der Waals surface area contributed by atoms with Crippen LogP contribution in [0.3, 0.4) is 0 Å². The van der Waals surface area contributed by atoms with Crippen LogP contribution in [-0.4, -0.2) is 13.7 Å². The van der Waals surface area contributed by atoms with Gasteiger partial charge in [0.1, 0.15) is 0 Å². The quantitative estimate of drug-likeness (QED) is 0.183. The van der Waals surface area contributed by atoms with Crippen molar-refractivity contribution < 1.29 is 0 Å². The van der Waals surface area contributed by atoms with Crippen molar-refractivity contribution >= 4 is 65.4 Å². The lowest BCUT2D eigenvalue weighted by Crippen LogP contribution is -1.97. The average Bonchev–Trinajstić information content (AvgIpc) is 3.87. The molecule has 0 amide bonds. The number of hydrogen-bond donors (Lipinski definition) is 0. The number of benzene rings is 8. The van der Waals surface area contributed by atoms with Gasteiger partial charge in [-0.15, -0.1) is 0 Å². The number of nitriles is 1. The predicted octanol–water partition coefficient (Wildman–Crippen LogP) is 12.5. The molecule has 53 heavy (non-hydrogen) atoms. The summed E-state index contributed by atoms with van der Waals surface area (Å²) < 4.78 is 7.21. The summed E-state index contributed by atoms with van der Waals surface area (Å²) in [6.45, 7) is 0. The Morgan fingerprint density at radius 1 is 0.358 bits per heavy atom. The Morgan fingerprint density at radius 2 is 0.830 bits per heavy atom. The second-order valence-corrected chi connectivity index (χ2v) is 13.6. The standard InChI is InChI=1S/C49H30N4/c50-31-33-30-36(24-25-37(33)32-14-4-1-5-15-32)52-43-23-13-11-21-41(43)47-45(52)29-27-39-38-26-28-44-46(48(38)53(49(39)47)35-18-8-3-9-19-35)40-20-10-12-22-42(40)51(44)34-16-6-2-7-17-34/h1-30H. The lowest BCUT2D eigenvalue weighted by molar-refractivity contribution is 1.17. The van der Waals surface area contributed by atoms with Crippen molar-refractivity contribution in [3.63, 3.8) is 0 Å². The lowest BCUT2D eigenvalue weighted by atomic mass is 10.00. The van der Waals surface area contributed by atoms with Crippen molar-refractivity contribution in [2.24, 2.45) is 0 Å². The molecule has 0 unspecified atom stereocenters. The maximum atomic E-state index is 10.4. The number of hydrogen-bond acceptors (Lipinski definition) is 1. The van der Waals surface area contributed by atoms with Gasteiger partial charge < -0.3 is 13.7 Å². The monoisotopic (exact) mass is 674 g/mol. The molecule has 3 aromatic heterocycles. The normalized spacial score (nSPS) is 11.8. The first kappa shape index (κ1) is 29.4. The van der Waals surface area contributed by atoms with Gasteiger partial charge in [-0.25, -0.2) is 0 Å². The molecule has 3 heterocycles. The van der Waals surface area contributed by atoms with Crippen LogP contribution in [0.15, 0.2) is 182 Å². The zero-order valence-corrected chi connectivity index (χ0v) is 28.6. The van der Waals surface area contributed by atoms with E-state index in [0.29, 0.717) is 5.56 Å². The highest BCUT2D eigenvalue weighted by Gasteiger charge is 2.24. The van der Waals surface area contributed by atoms with Gasteiger partial charge in [0.15, 0.2) is 0 Å². The molecular formula is C49H30N4. The third-order valence-electron chi connectivity index (χ3n) is 10.9. The van der Waals surface area contributed by atoms with Gasteiger partial charge in [-0.3, -0.25) is 0 Å². The highest BCUT2D eigenvalue weighted by molar-refractivity contribution is 6.31. The zero-order valence-electron chi connectivity index (χ0n) is 28.6. The second kappa shape index (κ2) is 11.3. The third-order valence-corrected chi connectivity index (χ3v) is 10.9. The van der Waals surface area contributed by atoms with Crippen LogP contribution < -0.4 is 0 Å². The highest BCUT2D eigenvalue weighted by Crippen LogP contribution is 2.46. The smallest absolute Gasteiger partial charge is 0.0998 e. The molecular weight excluding hydrogens is 645 g/mol. The first-order chi connectivity index (χ1) is 26.3. The highest BCUT2D eigenvalue weighted by atomic mass is 15.0. The molecule has 0 fully saturated rings. The van der Waals surface area contributed by atoms with E-state index in [1.807, 2.05) is 24.3 Å². The van der Waals surface area contributed by atoms with Crippen molar-refractivity contribution in [2.45, 2.75) is 0 Å². The van der Waals surface area contributed by atoms with Gasteiger partial charge in [-0.05, 0) is 71.8 Å². The van der Waals surface area contributed by atoms with Crippen LogP contribution in [-0.2, 0) is 0 Å². The molecule has 0 saturated heterocycles. The van der Waals surface area contributed by atoms with Gasteiger partial charge >= 0.3 is 0 Å². The first-order valence-electron chi connectivity index (χ1n) is 17.9. The minimum absolute atomic E-state index is 0.649. The largest absolute Gasteiger partial charge is 0.309 e. The van der Waals surface area contributed by atoms with Gasteiger partial charge in [0.05, 0.1) is 44.7 Å². The summed E-state index contributed by atoms with van der Waals surface area (Å²) in [5.74, 6) is 0. The Balaban J connectivity index is 1.31. The fraction of sp³-hybridized carbons (Fsp3) is 0. The van der Waals surface area contributed by atoms with Crippen molar-refractivity contribution in [1.29, 1.82) is 5.26 Å². The number of nitrogens with zero attached hydrogens (tertiary/aromatic N) is 4. The van der Waals surface area contributed by atoms with Gasteiger partial charge in [-0.2, -0.15) is 5.26 Å². The molecule has 0 radical (unpaired) electrons. The van der Waals surface area contributed by atoms with E-state index >= 15 is 0 Å². The molecule has 0 atom stereocenters. The Bertz CT molecular complexity index is 3270. The van der Waals surface area contributed by atoms with E-state index in [0.717, 1.165) is 39.2 Å². The van der Waals surface area contributed by atoms with Crippen molar-refractivity contribution in [2.75, 3.05) is 0 Å². The van der Waals surface area contributed by atoms with E-state index in [2.05, 4.69) is 177 Å². The zero-order chi connectivity index (χ0) is 35.0. The minimum atomic E-state index is 0.649. The number of para-hydroxylation sites is 4. The topological polar surface area (TPSA) is 38.6 Å². The van der Waals surface area contributed by atoms with E-state index in [9.17, 15) is 5.26 Å². The molecule has 11 rings (SSSR count). The minimum Gasteiger partial charge on any atom is -0.309 e. The Kier molecular flexibility index (Phi) is 6.28. The summed E-state index contributed by atoms with van der Waals surface area (Å²) >= 11 is 0. The molecule has 4 nitrogen and oxygen atoms in total. The molecule has 0 spiro atoms. The van der Waals surface area contributed by atoms with Crippen LogP contribution in [0, 0.1) is 11.3 Å². The molecule has 0 aliphatic heterocycles. The number of rotatable bonds is 4. The average molecular weight is 675 g/mol. The van der Waals surface area contributed by atoms with Crippen molar-refractivity contribution in [3.8, 4) is 34.3 Å². The van der Waals surface area contributed by atoms with Crippen LogP contribution >= 0.6 is 0 Å². The van der Waals surface area contributed by atoms with Crippen molar-refractivity contribution in [1.82, 2.24) is 13.7 Å². The van der Waals surface area contributed by atoms with Gasteiger partial charge in [0.2, 0.25) is 0 Å². The molecule has 0 N–H and O–H groups in total. The summed E-state index contributed by atoms with van der Waals surface area (Å²) in [7, 11) is 0. The summed E-state index contributed by atoms with van der Waals surface area (Å²) in [4.78, 5) is 0. The molecule has 0 aliphatic rings. The first-order valence-corrected chi connectivity index (χ1v) is 17.9. The predicted molar refractivity (Wildman–Crippen MR) is 220 cm³/mol. The maximum absolute atomic E-state index is 10.4. The van der Waals surface area contributed by atoms with Gasteiger partial charge in [0, 0.05) is 49.4 Å². The summed E-state index contributed by atoms with van der Waals surface area (Å²) in [6.07, 6.45) is 0. The van der Waals surface area contributed by atoms with E-state index in [4.69, 9.17) is 0 Å².